The monoisotopic (exact) mass is 281 g/mol. The molecule has 2 aromatic rings. The SMILES string of the molecule is Cc1c(N)cnn1C(=O)c1cnc(Br)cn1. The van der Waals surface area contributed by atoms with Gasteiger partial charge < -0.3 is 5.73 Å². The maximum absolute atomic E-state index is 11.9. The molecule has 0 fully saturated rings. The fourth-order valence-corrected chi connectivity index (χ4v) is 1.36. The van der Waals surface area contributed by atoms with Gasteiger partial charge in [0.05, 0.1) is 30.0 Å². The van der Waals surface area contributed by atoms with E-state index >= 15 is 0 Å². The Morgan fingerprint density at radius 2 is 2.12 bits per heavy atom. The molecule has 0 unspecified atom stereocenters. The van der Waals surface area contributed by atoms with E-state index in [2.05, 4.69) is 31.0 Å². The summed E-state index contributed by atoms with van der Waals surface area (Å²) in [4.78, 5) is 19.8. The molecule has 0 bridgehead atoms. The van der Waals surface area contributed by atoms with Crippen LogP contribution < -0.4 is 5.73 Å². The Hall–Kier alpha value is -1.76. The first-order valence-corrected chi connectivity index (χ1v) is 5.21. The van der Waals surface area contributed by atoms with Crippen molar-refractivity contribution in [1.82, 2.24) is 19.7 Å². The smallest absolute Gasteiger partial charge is 0.298 e. The van der Waals surface area contributed by atoms with Crippen molar-refractivity contribution in [2.75, 3.05) is 5.73 Å². The van der Waals surface area contributed by atoms with Crippen molar-refractivity contribution >= 4 is 27.5 Å². The minimum atomic E-state index is -0.353. The van der Waals surface area contributed by atoms with Crippen molar-refractivity contribution in [3.63, 3.8) is 0 Å². The molecule has 0 aliphatic heterocycles. The zero-order valence-corrected chi connectivity index (χ0v) is 9.97. The summed E-state index contributed by atoms with van der Waals surface area (Å²) in [5.41, 5.74) is 6.88. The summed E-state index contributed by atoms with van der Waals surface area (Å²) in [6.45, 7) is 1.71. The predicted octanol–water partition coefficient (Wildman–Crippen LogP) is 1.01. The number of carbonyl (C=O) groups is 1. The Morgan fingerprint density at radius 1 is 1.38 bits per heavy atom. The van der Waals surface area contributed by atoms with E-state index in [0.29, 0.717) is 16.0 Å². The first kappa shape index (κ1) is 10.7. The molecule has 6 nitrogen and oxygen atoms in total. The van der Waals surface area contributed by atoms with Gasteiger partial charge in [0.1, 0.15) is 10.3 Å². The second kappa shape index (κ2) is 4.01. The summed E-state index contributed by atoms with van der Waals surface area (Å²) < 4.78 is 1.77. The van der Waals surface area contributed by atoms with Gasteiger partial charge in [-0.15, -0.1) is 0 Å². The summed E-state index contributed by atoms with van der Waals surface area (Å²) in [7, 11) is 0. The molecule has 0 amide bonds. The highest BCUT2D eigenvalue weighted by Crippen LogP contribution is 2.10. The standard InChI is InChI=1S/C9H8BrN5O/c1-5-6(11)2-14-15(5)9(16)7-3-13-8(10)4-12-7/h2-4H,11H2,1H3. The van der Waals surface area contributed by atoms with Crippen LogP contribution in [0.1, 0.15) is 16.2 Å². The molecular formula is C9H8BrN5O. The number of aromatic nitrogens is 4. The van der Waals surface area contributed by atoms with E-state index < -0.39 is 0 Å². The number of hydrogen-bond donors (Lipinski definition) is 1. The largest absolute Gasteiger partial charge is 0.396 e. The fraction of sp³-hybridized carbons (Fsp3) is 0.111. The second-order valence-corrected chi connectivity index (χ2v) is 3.94. The van der Waals surface area contributed by atoms with E-state index in [-0.39, 0.29) is 11.6 Å². The highest BCUT2D eigenvalue weighted by atomic mass is 79.9. The third-order valence-electron chi connectivity index (χ3n) is 2.08. The number of anilines is 1. The minimum Gasteiger partial charge on any atom is -0.396 e. The Kier molecular flexibility index (Phi) is 2.69. The van der Waals surface area contributed by atoms with Crippen LogP contribution in [0.15, 0.2) is 23.2 Å². The number of hydrogen-bond acceptors (Lipinski definition) is 5. The van der Waals surface area contributed by atoms with Crippen LogP contribution in [0.2, 0.25) is 0 Å². The van der Waals surface area contributed by atoms with Gasteiger partial charge in [0.2, 0.25) is 0 Å². The Labute approximate surface area is 99.6 Å². The van der Waals surface area contributed by atoms with Crippen LogP contribution in [-0.2, 0) is 0 Å². The number of nitrogens with zero attached hydrogens (tertiary/aromatic N) is 4. The molecule has 2 heterocycles. The third-order valence-corrected chi connectivity index (χ3v) is 2.49. The lowest BCUT2D eigenvalue weighted by Crippen LogP contribution is -2.17. The molecule has 16 heavy (non-hydrogen) atoms. The van der Waals surface area contributed by atoms with Gasteiger partial charge in [0.15, 0.2) is 0 Å². The molecule has 0 aromatic carbocycles. The van der Waals surface area contributed by atoms with Crippen LogP contribution in [0, 0.1) is 6.92 Å². The van der Waals surface area contributed by atoms with Gasteiger partial charge >= 0.3 is 0 Å². The molecule has 7 heteroatoms. The number of halogens is 1. The van der Waals surface area contributed by atoms with Gasteiger partial charge in [0, 0.05) is 0 Å². The predicted molar refractivity (Wildman–Crippen MR) is 60.8 cm³/mol. The van der Waals surface area contributed by atoms with Gasteiger partial charge in [-0.05, 0) is 22.9 Å². The molecule has 82 valence electrons. The Morgan fingerprint density at radius 3 is 2.62 bits per heavy atom. The molecule has 0 saturated heterocycles. The van der Waals surface area contributed by atoms with Crippen LogP contribution >= 0.6 is 15.9 Å². The number of rotatable bonds is 1. The van der Waals surface area contributed by atoms with E-state index in [1.54, 1.807) is 6.92 Å². The lowest BCUT2D eigenvalue weighted by Gasteiger charge is -2.01. The first-order valence-electron chi connectivity index (χ1n) is 4.42. The van der Waals surface area contributed by atoms with Crippen molar-refractivity contribution in [3.8, 4) is 0 Å². The van der Waals surface area contributed by atoms with Crippen LogP contribution in [-0.4, -0.2) is 25.7 Å². The van der Waals surface area contributed by atoms with E-state index in [4.69, 9.17) is 5.73 Å². The number of nitrogen functional groups attached to an aromatic ring is 1. The molecule has 0 aliphatic carbocycles. The van der Waals surface area contributed by atoms with Gasteiger partial charge in [0.25, 0.3) is 5.91 Å². The minimum absolute atomic E-state index is 0.217. The lowest BCUT2D eigenvalue weighted by atomic mass is 10.4. The zero-order valence-electron chi connectivity index (χ0n) is 8.38. The van der Waals surface area contributed by atoms with E-state index in [1.807, 2.05) is 0 Å². The maximum Gasteiger partial charge on any atom is 0.298 e. The van der Waals surface area contributed by atoms with Gasteiger partial charge in [-0.25, -0.2) is 9.97 Å². The summed E-state index contributed by atoms with van der Waals surface area (Å²) in [5.74, 6) is -0.353. The van der Waals surface area contributed by atoms with Crippen LogP contribution in [0.5, 0.6) is 0 Å². The molecule has 2 N–H and O–H groups in total. The van der Waals surface area contributed by atoms with Crippen LogP contribution in [0.3, 0.4) is 0 Å². The highest BCUT2D eigenvalue weighted by molar-refractivity contribution is 9.10. The van der Waals surface area contributed by atoms with Crippen molar-refractivity contribution in [1.29, 1.82) is 0 Å². The van der Waals surface area contributed by atoms with Crippen molar-refractivity contribution in [2.45, 2.75) is 6.92 Å². The summed E-state index contributed by atoms with van der Waals surface area (Å²) >= 11 is 3.14. The maximum atomic E-state index is 11.9. The summed E-state index contributed by atoms with van der Waals surface area (Å²) in [6.07, 6.45) is 4.26. The Bertz CT molecular complexity index is 533. The van der Waals surface area contributed by atoms with Gasteiger partial charge in [-0.2, -0.15) is 9.78 Å². The molecule has 0 radical (unpaired) electrons. The lowest BCUT2D eigenvalue weighted by molar-refractivity contribution is 0.0937. The fourth-order valence-electron chi connectivity index (χ4n) is 1.16. The molecule has 2 rings (SSSR count). The normalized spacial score (nSPS) is 10.4. The number of nitrogens with two attached hydrogens (primary N) is 1. The van der Waals surface area contributed by atoms with E-state index in [0.717, 1.165) is 0 Å². The zero-order chi connectivity index (χ0) is 11.7. The number of carbonyl (C=O) groups excluding carboxylic acids is 1. The third kappa shape index (κ3) is 1.81. The van der Waals surface area contributed by atoms with Crippen molar-refractivity contribution < 1.29 is 4.79 Å². The van der Waals surface area contributed by atoms with Gasteiger partial charge in [-0.3, -0.25) is 4.79 Å². The highest BCUT2D eigenvalue weighted by Gasteiger charge is 2.14. The van der Waals surface area contributed by atoms with Crippen LogP contribution in [0.4, 0.5) is 5.69 Å². The first-order chi connectivity index (χ1) is 7.59. The summed E-state index contributed by atoms with van der Waals surface area (Å²) in [5, 5.41) is 3.88. The summed E-state index contributed by atoms with van der Waals surface area (Å²) in [6, 6.07) is 0. The topological polar surface area (TPSA) is 86.7 Å². The van der Waals surface area contributed by atoms with E-state index in [9.17, 15) is 4.79 Å². The van der Waals surface area contributed by atoms with Crippen molar-refractivity contribution in [2.24, 2.45) is 0 Å². The quantitative estimate of drug-likeness (QED) is 0.843. The molecule has 0 saturated carbocycles. The molecule has 2 aromatic heterocycles. The van der Waals surface area contributed by atoms with Gasteiger partial charge in [-0.1, -0.05) is 0 Å². The molecule has 0 spiro atoms. The molecular weight excluding hydrogens is 274 g/mol. The average Bonchev–Trinajstić information content (AvgIpc) is 2.60. The molecule has 0 atom stereocenters. The van der Waals surface area contributed by atoms with E-state index in [1.165, 1.54) is 23.3 Å². The Balaban J connectivity index is 2.39. The molecule has 0 aliphatic rings. The average molecular weight is 282 g/mol. The van der Waals surface area contributed by atoms with Crippen LogP contribution in [0.25, 0.3) is 0 Å². The van der Waals surface area contributed by atoms with Crippen molar-refractivity contribution in [3.05, 3.63) is 34.6 Å². The second-order valence-electron chi connectivity index (χ2n) is 3.13.